The van der Waals surface area contributed by atoms with Gasteiger partial charge >= 0.3 is 5.97 Å². The topological polar surface area (TPSA) is 35.5 Å². The largest absolute Gasteiger partial charge is 0.489 e. The zero-order valence-corrected chi connectivity index (χ0v) is 15.4. The fourth-order valence-electron chi connectivity index (χ4n) is 2.00. The molecular weight excluding hydrogens is 403 g/mol. The van der Waals surface area contributed by atoms with Crippen molar-refractivity contribution < 1.29 is 14.3 Å². The lowest BCUT2D eigenvalue weighted by Crippen LogP contribution is -2.04. The highest BCUT2D eigenvalue weighted by Gasteiger charge is 2.05. The van der Waals surface area contributed by atoms with Gasteiger partial charge in [0.05, 0.1) is 12.2 Å². The molecule has 0 bridgehead atoms. The summed E-state index contributed by atoms with van der Waals surface area (Å²) in [5.74, 6) is 0.527. The van der Waals surface area contributed by atoms with E-state index in [1.807, 2.05) is 36.4 Å². The number of carbonyl (C=O) groups is 1. The Kier molecular flexibility index (Phi) is 6.65. The molecule has 0 saturated heterocycles. The molecule has 0 spiro atoms. The van der Waals surface area contributed by atoms with Crippen molar-refractivity contribution in [2.45, 2.75) is 20.5 Å². The highest BCUT2D eigenvalue weighted by molar-refractivity contribution is 14.1. The first-order valence-corrected chi connectivity index (χ1v) is 8.65. The van der Waals surface area contributed by atoms with Crippen LogP contribution in [0.3, 0.4) is 0 Å². The number of halogens is 1. The molecule has 0 N–H and O–H groups in total. The van der Waals surface area contributed by atoms with Gasteiger partial charge in [0.15, 0.2) is 0 Å². The van der Waals surface area contributed by atoms with Crippen LogP contribution in [-0.2, 0) is 11.3 Å². The summed E-state index contributed by atoms with van der Waals surface area (Å²) in [5.41, 5.74) is 3.98. The van der Waals surface area contributed by atoms with Crippen LogP contribution in [-0.4, -0.2) is 12.6 Å². The second-order valence-electron chi connectivity index (χ2n) is 5.02. The molecular formula is C19H19IO3. The summed E-state index contributed by atoms with van der Waals surface area (Å²) in [7, 11) is 0. The molecule has 4 heteroatoms. The summed E-state index contributed by atoms with van der Waals surface area (Å²) >= 11 is 2.24. The molecule has 2 aromatic rings. The van der Waals surface area contributed by atoms with Gasteiger partial charge in [-0.1, -0.05) is 46.9 Å². The number of esters is 1. The lowest BCUT2D eigenvalue weighted by Gasteiger charge is -2.08. The summed E-state index contributed by atoms with van der Waals surface area (Å²) in [6, 6.07) is 15.3. The minimum Gasteiger partial charge on any atom is -0.489 e. The maximum atomic E-state index is 11.6. The van der Waals surface area contributed by atoms with Crippen LogP contribution in [0, 0.1) is 0 Å². The third-order valence-corrected chi connectivity index (χ3v) is 4.28. The molecule has 0 amide bonds. The number of carbonyl (C=O) groups excluding carboxylic acids is 1. The standard InChI is InChI=1S/C19H19IO3/c1-3-22-19(21)17-6-4-15(5-7-17)13-23-18-10-8-16(9-11-18)14(2)12-20/h4-12H,3,13H2,1-2H3. The number of benzene rings is 2. The Bertz CT molecular complexity index is 673. The Hall–Kier alpha value is -1.82. The van der Waals surface area contributed by atoms with Gasteiger partial charge in [0, 0.05) is 0 Å². The molecule has 23 heavy (non-hydrogen) atoms. The van der Waals surface area contributed by atoms with E-state index in [-0.39, 0.29) is 5.97 Å². The van der Waals surface area contributed by atoms with E-state index in [0.29, 0.717) is 18.8 Å². The van der Waals surface area contributed by atoms with Gasteiger partial charge in [0.25, 0.3) is 0 Å². The van der Waals surface area contributed by atoms with Crippen LogP contribution < -0.4 is 4.74 Å². The average Bonchev–Trinajstić information content (AvgIpc) is 2.60. The first-order chi connectivity index (χ1) is 11.1. The predicted octanol–water partition coefficient (Wildman–Crippen LogP) is 5.24. The number of ether oxygens (including phenoxy) is 2. The summed E-state index contributed by atoms with van der Waals surface area (Å²) in [5, 5.41) is 0. The van der Waals surface area contributed by atoms with Crippen LogP contribution in [0.2, 0.25) is 0 Å². The number of hydrogen-bond donors (Lipinski definition) is 0. The monoisotopic (exact) mass is 422 g/mol. The van der Waals surface area contributed by atoms with E-state index in [1.54, 1.807) is 19.1 Å². The molecule has 0 aliphatic rings. The first kappa shape index (κ1) is 17.5. The van der Waals surface area contributed by atoms with E-state index in [1.165, 1.54) is 11.1 Å². The lowest BCUT2D eigenvalue weighted by atomic mass is 10.1. The molecule has 0 heterocycles. The second-order valence-corrected chi connectivity index (χ2v) is 5.65. The molecule has 0 atom stereocenters. The summed E-state index contributed by atoms with van der Waals surface area (Å²) in [6.45, 7) is 4.71. The Labute approximate surface area is 150 Å². The van der Waals surface area contributed by atoms with Crippen molar-refractivity contribution in [3.8, 4) is 5.75 Å². The Morgan fingerprint density at radius 1 is 1.04 bits per heavy atom. The van der Waals surface area contributed by atoms with Crippen molar-refractivity contribution in [2.24, 2.45) is 0 Å². The third-order valence-electron chi connectivity index (χ3n) is 3.34. The molecule has 0 aliphatic heterocycles. The minimum absolute atomic E-state index is 0.297. The van der Waals surface area contributed by atoms with Gasteiger partial charge in [0.1, 0.15) is 12.4 Å². The number of hydrogen-bond acceptors (Lipinski definition) is 3. The maximum absolute atomic E-state index is 11.6. The van der Waals surface area contributed by atoms with Crippen LogP contribution >= 0.6 is 22.6 Å². The molecule has 2 aromatic carbocycles. The normalized spacial score (nSPS) is 11.2. The molecule has 3 nitrogen and oxygen atoms in total. The summed E-state index contributed by atoms with van der Waals surface area (Å²) < 4.78 is 12.8. The molecule has 0 aliphatic carbocycles. The minimum atomic E-state index is -0.297. The lowest BCUT2D eigenvalue weighted by molar-refractivity contribution is 0.0526. The zero-order valence-electron chi connectivity index (χ0n) is 13.2. The Morgan fingerprint density at radius 3 is 2.22 bits per heavy atom. The molecule has 120 valence electrons. The summed E-state index contributed by atoms with van der Waals surface area (Å²) in [4.78, 5) is 11.6. The van der Waals surface area contributed by atoms with Crippen molar-refractivity contribution in [1.29, 1.82) is 0 Å². The second kappa shape index (κ2) is 8.72. The van der Waals surface area contributed by atoms with Gasteiger partial charge in [-0.3, -0.25) is 0 Å². The molecule has 0 unspecified atom stereocenters. The van der Waals surface area contributed by atoms with E-state index in [9.17, 15) is 4.79 Å². The molecule has 0 radical (unpaired) electrons. The number of rotatable bonds is 6. The highest BCUT2D eigenvalue weighted by atomic mass is 127. The smallest absolute Gasteiger partial charge is 0.338 e. The highest BCUT2D eigenvalue weighted by Crippen LogP contribution is 2.20. The van der Waals surface area contributed by atoms with Crippen molar-refractivity contribution in [3.63, 3.8) is 0 Å². The van der Waals surface area contributed by atoms with Crippen LogP contribution in [0.25, 0.3) is 5.57 Å². The molecule has 0 saturated carbocycles. The third kappa shape index (κ3) is 5.10. The van der Waals surface area contributed by atoms with Gasteiger partial charge in [-0.15, -0.1) is 0 Å². The Morgan fingerprint density at radius 2 is 1.65 bits per heavy atom. The van der Waals surface area contributed by atoms with Crippen molar-refractivity contribution in [3.05, 3.63) is 69.3 Å². The number of allylic oxidation sites excluding steroid dienone is 1. The van der Waals surface area contributed by atoms with Gasteiger partial charge in [0.2, 0.25) is 0 Å². The van der Waals surface area contributed by atoms with Crippen molar-refractivity contribution >= 4 is 34.1 Å². The van der Waals surface area contributed by atoms with Crippen LogP contribution in [0.15, 0.2) is 52.6 Å². The van der Waals surface area contributed by atoms with Gasteiger partial charge in [-0.2, -0.15) is 0 Å². The average molecular weight is 422 g/mol. The molecule has 0 fully saturated rings. The maximum Gasteiger partial charge on any atom is 0.338 e. The van der Waals surface area contributed by atoms with Crippen molar-refractivity contribution in [1.82, 2.24) is 0 Å². The van der Waals surface area contributed by atoms with Crippen LogP contribution in [0.4, 0.5) is 0 Å². The van der Waals surface area contributed by atoms with E-state index in [0.717, 1.165) is 11.3 Å². The SMILES string of the molecule is CCOC(=O)c1ccc(COc2ccc(C(C)=CI)cc2)cc1. The Balaban J connectivity index is 1.94. The first-order valence-electron chi connectivity index (χ1n) is 7.40. The van der Waals surface area contributed by atoms with Crippen LogP contribution in [0.1, 0.15) is 35.3 Å². The molecule has 2 rings (SSSR count). The van der Waals surface area contributed by atoms with Crippen LogP contribution in [0.5, 0.6) is 5.75 Å². The quantitative estimate of drug-likeness (QED) is 0.472. The molecule has 0 aromatic heterocycles. The summed E-state index contributed by atoms with van der Waals surface area (Å²) in [6.07, 6.45) is 0. The van der Waals surface area contributed by atoms with Gasteiger partial charge < -0.3 is 9.47 Å². The van der Waals surface area contributed by atoms with E-state index in [2.05, 4.69) is 33.6 Å². The van der Waals surface area contributed by atoms with Gasteiger partial charge in [-0.25, -0.2) is 4.79 Å². The van der Waals surface area contributed by atoms with Crippen molar-refractivity contribution in [2.75, 3.05) is 6.61 Å². The fourth-order valence-corrected chi connectivity index (χ4v) is 2.35. The van der Waals surface area contributed by atoms with E-state index in [4.69, 9.17) is 9.47 Å². The van der Waals surface area contributed by atoms with E-state index < -0.39 is 0 Å². The van der Waals surface area contributed by atoms with Gasteiger partial charge in [-0.05, 0) is 58.9 Å². The zero-order chi connectivity index (χ0) is 16.7. The predicted molar refractivity (Wildman–Crippen MR) is 101 cm³/mol. The fraction of sp³-hybridized carbons (Fsp3) is 0.211. The van der Waals surface area contributed by atoms with E-state index >= 15 is 0 Å².